The fourth-order valence-electron chi connectivity index (χ4n) is 0.568. The summed E-state index contributed by atoms with van der Waals surface area (Å²) in [6.07, 6.45) is 2.37. The number of nitriles is 1. The topological polar surface area (TPSA) is 62.1 Å². The predicted octanol–water partition coefficient (Wildman–Crippen LogP) is 1.59. The zero-order valence-electron chi connectivity index (χ0n) is 8.13. The molecule has 13 heavy (non-hydrogen) atoms. The van der Waals surface area contributed by atoms with Crippen molar-refractivity contribution in [1.82, 2.24) is 5.32 Å². The van der Waals surface area contributed by atoms with E-state index in [1.54, 1.807) is 26.8 Å². The average Bonchev–Trinajstić information content (AvgIpc) is 1.94. The monoisotopic (exact) mass is 182 g/mol. The molecule has 0 saturated carbocycles. The summed E-state index contributed by atoms with van der Waals surface area (Å²) in [4.78, 5) is 11.0. The van der Waals surface area contributed by atoms with E-state index >= 15 is 0 Å². The molecule has 1 N–H and O–H groups in total. The van der Waals surface area contributed by atoms with Crippen LogP contribution in [0.5, 0.6) is 0 Å². The summed E-state index contributed by atoms with van der Waals surface area (Å²) < 4.78 is 4.95. The van der Waals surface area contributed by atoms with Crippen LogP contribution in [0.15, 0.2) is 12.2 Å². The van der Waals surface area contributed by atoms with E-state index in [9.17, 15) is 4.79 Å². The molecule has 0 spiro atoms. The van der Waals surface area contributed by atoms with E-state index in [1.807, 2.05) is 6.07 Å². The molecule has 0 bridgehead atoms. The Morgan fingerprint density at radius 2 is 2.23 bits per heavy atom. The van der Waals surface area contributed by atoms with Gasteiger partial charge in [-0.3, -0.25) is 0 Å². The average molecular weight is 182 g/mol. The molecule has 0 radical (unpaired) electrons. The summed E-state index contributed by atoms with van der Waals surface area (Å²) in [7, 11) is 0. The van der Waals surface area contributed by atoms with Crippen LogP contribution in [0.3, 0.4) is 0 Å². The lowest BCUT2D eigenvalue weighted by Crippen LogP contribution is -2.32. The second-order valence-electron chi connectivity index (χ2n) is 3.41. The molecular formula is C9H14N2O2. The van der Waals surface area contributed by atoms with Crippen LogP contribution >= 0.6 is 0 Å². The molecule has 0 rings (SSSR count). The van der Waals surface area contributed by atoms with Gasteiger partial charge in [-0.2, -0.15) is 5.26 Å². The Kier molecular flexibility index (Phi) is 4.60. The van der Waals surface area contributed by atoms with Crippen molar-refractivity contribution in [1.29, 1.82) is 5.26 Å². The van der Waals surface area contributed by atoms with Crippen molar-refractivity contribution in [3.63, 3.8) is 0 Å². The van der Waals surface area contributed by atoms with E-state index in [-0.39, 0.29) is 0 Å². The van der Waals surface area contributed by atoms with Gasteiger partial charge in [0.25, 0.3) is 0 Å². The number of allylic oxidation sites excluding steroid dienone is 1. The van der Waals surface area contributed by atoms with Gasteiger partial charge in [-0.1, -0.05) is 6.08 Å². The van der Waals surface area contributed by atoms with Crippen LogP contribution in [-0.2, 0) is 4.74 Å². The van der Waals surface area contributed by atoms with Gasteiger partial charge in [0.1, 0.15) is 5.60 Å². The highest BCUT2D eigenvalue weighted by molar-refractivity contribution is 5.67. The highest BCUT2D eigenvalue weighted by Crippen LogP contribution is 2.05. The Morgan fingerprint density at radius 1 is 1.62 bits per heavy atom. The van der Waals surface area contributed by atoms with Crippen molar-refractivity contribution in [2.45, 2.75) is 26.4 Å². The summed E-state index contributed by atoms with van der Waals surface area (Å²) in [6.45, 7) is 5.68. The molecule has 0 aliphatic heterocycles. The van der Waals surface area contributed by atoms with Crippen molar-refractivity contribution < 1.29 is 9.53 Å². The van der Waals surface area contributed by atoms with Crippen LogP contribution in [0.25, 0.3) is 0 Å². The van der Waals surface area contributed by atoms with Crippen molar-refractivity contribution >= 4 is 6.09 Å². The number of hydrogen-bond donors (Lipinski definition) is 1. The summed E-state index contributed by atoms with van der Waals surface area (Å²) in [6, 6.07) is 1.82. The minimum Gasteiger partial charge on any atom is -0.444 e. The molecule has 0 atom stereocenters. The SMILES string of the molecule is CC(C)(C)OC(=O)NC/C=C/C#N. The van der Waals surface area contributed by atoms with Gasteiger partial charge in [0.2, 0.25) is 0 Å². The molecule has 0 unspecified atom stereocenters. The molecule has 0 aromatic heterocycles. The highest BCUT2D eigenvalue weighted by Gasteiger charge is 2.14. The molecular weight excluding hydrogens is 168 g/mol. The third-order valence-electron chi connectivity index (χ3n) is 0.956. The number of nitrogens with one attached hydrogen (secondary N) is 1. The van der Waals surface area contributed by atoms with Gasteiger partial charge in [-0.15, -0.1) is 0 Å². The molecule has 0 aliphatic rings. The number of amides is 1. The van der Waals surface area contributed by atoms with Crippen LogP contribution in [0.1, 0.15) is 20.8 Å². The van der Waals surface area contributed by atoms with E-state index in [1.165, 1.54) is 6.08 Å². The van der Waals surface area contributed by atoms with E-state index in [2.05, 4.69) is 5.32 Å². The Labute approximate surface area is 78.2 Å². The third-order valence-corrected chi connectivity index (χ3v) is 0.956. The number of alkyl carbamates (subject to hydrolysis) is 1. The zero-order valence-corrected chi connectivity index (χ0v) is 8.13. The summed E-state index contributed by atoms with van der Waals surface area (Å²) >= 11 is 0. The molecule has 0 heterocycles. The molecule has 4 heteroatoms. The number of ether oxygens (including phenoxy) is 1. The van der Waals surface area contributed by atoms with E-state index in [0.717, 1.165) is 0 Å². The first-order chi connectivity index (χ1) is 5.95. The van der Waals surface area contributed by atoms with Gasteiger partial charge in [-0.25, -0.2) is 4.79 Å². The maximum absolute atomic E-state index is 11.0. The molecule has 0 aliphatic carbocycles. The first kappa shape index (κ1) is 11.5. The third kappa shape index (κ3) is 8.41. The summed E-state index contributed by atoms with van der Waals surface area (Å²) in [5, 5.41) is 10.6. The second-order valence-corrected chi connectivity index (χ2v) is 3.41. The molecule has 0 fully saturated rings. The van der Waals surface area contributed by atoms with Crippen molar-refractivity contribution in [2.75, 3.05) is 6.54 Å². The largest absolute Gasteiger partial charge is 0.444 e. The van der Waals surface area contributed by atoms with E-state index in [4.69, 9.17) is 10.00 Å². The van der Waals surface area contributed by atoms with Crippen LogP contribution in [0, 0.1) is 11.3 Å². The molecule has 0 aromatic carbocycles. The van der Waals surface area contributed by atoms with E-state index in [0.29, 0.717) is 6.54 Å². The molecule has 72 valence electrons. The smallest absolute Gasteiger partial charge is 0.407 e. The van der Waals surface area contributed by atoms with Crippen molar-refractivity contribution in [2.24, 2.45) is 0 Å². The highest BCUT2D eigenvalue weighted by atomic mass is 16.6. The Hall–Kier alpha value is -1.50. The summed E-state index contributed by atoms with van der Waals surface area (Å²) in [5.74, 6) is 0. The predicted molar refractivity (Wildman–Crippen MR) is 49.0 cm³/mol. The Bertz CT molecular complexity index is 233. The molecule has 4 nitrogen and oxygen atoms in total. The molecule has 1 amide bonds. The Balaban J connectivity index is 3.66. The maximum atomic E-state index is 11.0. The molecule has 0 aromatic rings. The second kappa shape index (κ2) is 5.20. The van der Waals surface area contributed by atoms with Gasteiger partial charge in [0.15, 0.2) is 0 Å². The van der Waals surface area contributed by atoms with Crippen LogP contribution < -0.4 is 5.32 Å². The van der Waals surface area contributed by atoms with E-state index < -0.39 is 11.7 Å². The minimum absolute atomic E-state index is 0.308. The quantitative estimate of drug-likeness (QED) is 0.659. The maximum Gasteiger partial charge on any atom is 0.407 e. The minimum atomic E-state index is -0.483. The normalized spacial score (nSPS) is 10.9. The fourth-order valence-corrected chi connectivity index (χ4v) is 0.568. The van der Waals surface area contributed by atoms with Gasteiger partial charge in [0.05, 0.1) is 6.07 Å². The number of hydrogen-bond acceptors (Lipinski definition) is 3. The van der Waals surface area contributed by atoms with Crippen LogP contribution in [0.2, 0.25) is 0 Å². The van der Waals surface area contributed by atoms with Crippen LogP contribution in [0.4, 0.5) is 4.79 Å². The lowest BCUT2D eigenvalue weighted by atomic mass is 10.2. The van der Waals surface area contributed by atoms with Gasteiger partial charge in [-0.05, 0) is 20.8 Å². The summed E-state index contributed by atoms with van der Waals surface area (Å²) in [5.41, 5.74) is -0.483. The molecule has 0 saturated heterocycles. The lowest BCUT2D eigenvalue weighted by Gasteiger charge is -2.19. The van der Waals surface area contributed by atoms with Crippen LogP contribution in [-0.4, -0.2) is 18.2 Å². The number of rotatable bonds is 2. The first-order valence-electron chi connectivity index (χ1n) is 3.97. The van der Waals surface area contributed by atoms with Crippen molar-refractivity contribution in [3.05, 3.63) is 12.2 Å². The van der Waals surface area contributed by atoms with Gasteiger partial charge >= 0.3 is 6.09 Å². The fraction of sp³-hybridized carbons (Fsp3) is 0.556. The number of carbonyl (C=O) groups is 1. The Morgan fingerprint density at radius 3 is 2.69 bits per heavy atom. The number of carbonyl (C=O) groups excluding carboxylic acids is 1. The lowest BCUT2D eigenvalue weighted by molar-refractivity contribution is 0.0534. The van der Waals surface area contributed by atoms with Gasteiger partial charge < -0.3 is 10.1 Å². The number of nitrogens with zero attached hydrogens (tertiary/aromatic N) is 1. The van der Waals surface area contributed by atoms with Crippen molar-refractivity contribution in [3.8, 4) is 6.07 Å². The first-order valence-corrected chi connectivity index (χ1v) is 3.97. The zero-order chi connectivity index (χ0) is 10.3. The van der Waals surface area contributed by atoms with Gasteiger partial charge in [0, 0.05) is 12.6 Å². The standard InChI is InChI=1S/C9H14N2O2/c1-9(2,3)13-8(12)11-7-5-4-6-10/h4-5H,7H2,1-3H3,(H,11,12)/b5-4+.